The Hall–Kier alpha value is -2.45. The number of thioether (sulfide) groups is 1. The number of carbonyl (C=O) groups excluding carboxylic acids is 2. The fourth-order valence-electron chi connectivity index (χ4n) is 3.90. The molecule has 1 aliphatic carbocycles. The maximum absolute atomic E-state index is 12.4. The van der Waals surface area contributed by atoms with Gasteiger partial charge >= 0.3 is 0 Å². The van der Waals surface area contributed by atoms with Crippen molar-refractivity contribution >= 4 is 50.9 Å². The molecule has 2 aliphatic rings. The Morgan fingerprint density at radius 1 is 1.07 bits per heavy atom. The topological polar surface area (TPSA) is 89.2 Å². The number of hydrogen-bond acceptors (Lipinski definition) is 7. The second-order valence-electron chi connectivity index (χ2n) is 6.94. The van der Waals surface area contributed by atoms with Crippen molar-refractivity contribution in [2.45, 2.75) is 30.8 Å². The molecule has 0 radical (unpaired) electrons. The maximum atomic E-state index is 12.4. The molecule has 0 atom stereocenters. The van der Waals surface area contributed by atoms with Crippen LogP contribution in [0.4, 0.5) is 5.82 Å². The number of nitrogens with zero attached hydrogens (tertiary/aromatic N) is 3. The number of fused-ring (bicyclic) bond motifs is 4. The van der Waals surface area contributed by atoms with Crippen LogP contribution < -0.4 is 5.73 Å². The van der Waals surface area contributed by atoms with Gasteiger partial charge in [0.25, 0.3) is 11.8 Å². The van der Waals surface area contributed by atoms with Crippen molar-refractivity contribution in [2.75, 3.05) is 18.0 Å². The molecule has 0 spiro atoms. The van der Waals surface area contributed by atoms with E-state index in [0.717, 1.165) is 23.1 Å². The molecular weight excluding hydrogens is 392 g/mol. The number of nitrogen functional groups attached to an aromatic ring is 1. The highest BCUT2D eigenvalue weighted by Crippen LogP contribution is 2.38. The average molecular weight is 411 g/mol. The number of rotatable bonds is 4. The summed E-state index contributed by atoms with van der Waals surface area (Å²) < 4.78 is 0. The molecule has 1 aromatic carbocycles. The normalized spacial score (nSPS) is 15.9. The van der Waals surface area contributed by atoms with Crippen molar-refractivity contribution in [1.82, 2.24) is 14.9 Å². The third kappa shape index (κ3) is 2.79. The summed E-state index contributed by atoms with van der Waals surface area (Å²) in [7, 11) is 0. The van der Waals surface area contributed by atoms with Crippen LogP contribution in [-0.4, -0.2) is 39.0 Å². The molecule has 1 aliphatic heterocycles. The van der Waals surface area contributed by atoms with Gasteiger partial charge in [-0.3, -0.25) is 14.5 Å². The Bertz CT molecular complexity index is 1090. The van der Waals surface area contributed by atoms with Gasteiger partial charge in [-0.2, -0.15) is 0 Å². The van der Waals surface area contributed by atoms with E-state index >= 15 is 0 Å². The van der Waals surface area contributed by atoms with Gasteiger partial charge in [0.1, 0.15) is 10.6 Å². The van der Waals surface area contributed by atoms with E-state index in [1.54, 1.807) is 35.6 Å². The summed E-state index contributed by atoms with van der Waals surface area (Å²) in [4.78, 5) is 37.7. The SMILES string of the molecule is Nc1nc(SCCN2C(=O)c3ccccc3C2=O)nc2sc3c(c12)CCCC3. The zero-order chi connectivity index (χ0) is 19.3. The van der Waals surface area contributed by atoms with Crippen LogP contribution in [0, 0.1) is 0 Å². The van der Waals surface area contributed by atoms with Gasteiger partial charge < -0.3 is 5.73 Å². The third-order valence-electron chi connectivity index (χ3n) is 5.25. The number of aromatic nitrogens is 2. The first-order valence-electron chi connectivity index (χ1n) is 9.29. The van der Waals surface area contributed by atoms with Crippen LogP contribution in [-0.2, 0) is 12.8 Å². The number of thiophene rings is 1. The highest BCUT2D eigenvalue weighted by molar-refractivity contribution is 7.99. The number of aryl methyl sites for hydroxylation is 2. The Morgan fingerprint density at radius 3 is 2.54 bits per heavy atom. The van der Waals surface area contributed by atoms with Crippen LogP contribution in [0.5, 0.6) is 0 Å². The fourth-order valence-corrected chi connectivity index (χ4v) is 6.00. The summed E-state index contributed by atoms with van der Waals surface area (Å²) in [5, 5.41) is 1.62. The molecule has 6 nitrogen and oxygen atoms in total. The van der Waals surface area contributed by atoms with Gasteiger partial charge in [-0.05, 0) is 43.4 Å². The second kappa shape index (κ2) is 6.86. The minimum atomic E-state index is -0.233. The lowest BCUT2D eigenvalue weighted by molar-refractivity contribution is 0.0664. The largest absolute Gasteiger partial charge is 0.383 e. The zero-order valence-corrected chi connectivity index (χ0v) is 16.7. The van der Waals surface area contributed by atoms with Gasteiger partial charge in [-0.15, -0.1) is 11.3 Å². The summed E-state index contributed by atoms with van der Waals surface area (Å²) in [6, 6.07) is 6.93. The predicted molar refractivity (Wildman–Crippen MR) is 111 cm³/mol. The molecule has 0 saturated heterocycles. The highest BCUT2D eigenvalue weighted by Gasteiger charge is 2.34. The van der Waals surface area contributed by atoms with E-state index in [1.165, 1.54) is 39.9 Å². The average Bonchev–Trinajstić information content (AvgIpc) is 3.19. The van der Waals surface area contributed by atoms with Crippen molar-refractivity contribution in [2.24, 2.45) is 0 Å². The number of anilines is 1. The van der Waals surface area contributed by atoms with Crippen LogP contribution in [0.25, 0.3) is 10.2 Å². The Morgan fingerprint density at radius 2 is 1.79 bits per heavy atom. The Labute approximate surface area is 170 Å². The number of carbonyl (C=O) groups is 2. The van der Waals surface area contributed by atoms with E-state index in [0.29, 0.717) is 34.4 Å². The molecule has 28 heavy (non-hydrogen) atoms. The Kier molecular flexibility index (Phi) is 4.32. The monoisotopic (exact) mass is 410 g/mol. The summed E-state index contributed by atoms with van der Waals surface area (Å²) >= 11 is 3.14. The quantitative estimate of drug-likeness (QED) is 0.402. The molecule has 2 N–H and O–H groups in total. The molecule has 0 bridgehead atoms. The van der Waals surface area contributed by atoms with Crippen molar-refractivity contribution < 1.29 is 9.59 Å². The lowest BCUT2D eigenvalue weighted by Crippen LogP contribution is -2.31. The predicted octanol–water partition coefficient (Wildman–Crippen LogP) is 3.54. The van der Waals surface area contributed by atoms with E-state index in [1.807, 2.05) is 0 Å². The van der Waals surface area contributed by atoms with Gasteiger partial charge in [0.05, 0.1) is 16.5 Å². The Balaban J connectivity index is 1.32. The van der Waals surface area contributed by atoms with Gasteiger partial charge in [0.2, 0.25) is 0 Å². The van der Waals surface area contributed by atoms with E-state index in [9.17, 15) is 9.59 Å². The molecular formula is C20H18N4O2S2. The van der Waals surface area contributed by atoms with Crippen molar-refractivity contribution in [3.63, 3.8) is 0 Å². The van der Waals surface area contributed by atoms with Crippen LogP contribution in [0.1, 0.15) is 44.0 Å². The van der Waals surface area contributed by atoms with Crippen molar-refractivity contribution in [1.29, 1.82) is 0 Å². The standard InChI is InChI=1S/C20H18N4O2S2/c21-16-15-13-7-3-4-8-14(13)28-17(15)23-20(22-16)27-10-9-24-18(25)11-5-1-2-6-12(11)19(24)26/h1-2,5-6H,3-4,7-10H2,(H2,21,22,23). The van der Waals surface area contributed by atoms with E-state index in [2.05, 4.69) is 9.97 Å². The molecule has 2 amide bonds. The molecule has 3 aromatic rings. The lowest BCUT2D eigenvalue weighted by atomic mass is 9.97. The maximum Gasteiger partial charge on any atom is 0.261 e. The van der Waals surface area contributed by atoms with Crippen molar-refractivity contribution in [3.8, 4) is 0 Å². The summed E-state index contributed by atoms with van der Waals surface area (Å²) in [5.41, 5.74) is 8.52. The van der Waals surface area contributed by atoms with Gasteiger partial charge in [-0.1, -0.05) is 23.9 Å². The fraction of sp³-hybridized carbons (Fsp3) is 0.300. The second-order valence-corrected chi connectivity index (χ2v) is 9.08. The first kappa shape index (κ1) is 17.6. The van der Waals surface area contributed by atoms with Crippen LogP contribution in [0.2, 0.25) is 0 Å². The molecule has 5 rings (SSSR count). The summed E-state index contributed by atoms with van der Waals surface area (Å²) in [6.07, 6.45) is 4.55. The smallest absolute Gasteiger partial charge is 0.261 e. The molecule has 2 aromatic heterocycles. The number of amides is 2. The number of nitrogens with two attached hydrogens (primary N) is 1. The van der Waals surface area contributed by atoms with Crippen molar-refractivity contribution in [3.05, 3.63) is 45.8 Å². The first-order valence-corrected chi connectivity index (χ1v) is 11.1. The minimum absolute atomic E-state index is 0.233. The molecule has 0 saturated carbocycles. The highest BCUT2D eigenvalue weighted by atomic mass is 32.2. The number of hydrogen-bond donors (Lipinski definition) is 1. The van der Waals surface area contributed by atoms with Gasteiger partial charge in [0, 0.05) is 17.2 Å². The van der Waals surface area contributed by atoms with Crippen LogP contribution in [0.3, 0.4) is 0 Å². The van der Waals surface area contributed by atoms with E-state index in [-0.39, 0.29) is 11.8 Å². The molecule has 0 unspecified atom stereocenters. The van der Waals surface area contributed by atoms with E-state index < -0.39 is 0 Å². The van der Waals surface area contributed by atoms with Gasteiger partial charge in [0.15, 0.2) is 5.16 Å². The van der Waals surface area contributed by atoms with Gasteiger partial charge in [-0.25, -0.2) is 9.97 Å². The molecule has 3 heterocycles. The lowest BCUT2D eigenvalue weighted by Gasteiger charge is -2.13. The zero-order valence-electron chi connectivity index (χ0n) is 15.1. The number of imide groups is 1. The summed E-state index contributed by atoms with van der Waals surface area (Å²) in [6.45, 7) is 0.319. The number of benzene rings is 1. The van der Waals surface area contributed by atoms with E-state index in [4.69, 9.17) is 5.73 Å². The molecule has 8 heteroatoms. The summed E-state index contributed by atoms with van der Waals surface area (Å²) in [5.74, 6) is 0.597. The van der Waals surface area contributed by atoms with Crippen LogP contribution in [0.15, 0.2) is 29.4 Å². The molecule has 0 fully saturated rings. The third-order valence-corrected chi connectivity index (χ3v) is 7.26. The minimum Gasteiger partial charge on any atom is -0.383 e. The molecule has 142 valence electrons. The first-order chi connectivity index (χ1) is 13.6. The van der Waals surface area contributed by atoms with Crippen LogP contribution >= 0.6 is 23.1 Å².